The van der Waals surface area contributed by atoms with Crippen molar-refractivity contribution in [2.45, 2.75) is 33.1 Å². The second-order valence-electron chi connectivity index (χ2n) is 5.67. The first-order valence-electron chi connectivity index (χ1n) is 7.08. The summed E-state index contributed by atoms with van der Waals surface area (Å²) >= 11 is 0. The molecule has 0 saturated carbocycles. The summed E-state index contributed by atoms with van der Waals surface area (Å²) in [6.45, 7) is 6.07. The Morgan fingerprint density at radius 2 is 2.32 bits per heavy atom. The second-order valence-corrected chi connectivity index (χ2v) is 5.67. The number of hydrogen-bond donors (Lipinski definition) is 1. The molecule has 1 aromatic carbocycles. The first-order chi connectivity index (χ1) is 9.08. The average molecular weight is 263 g/mol. The van der Waals surface area contributed by atoms with E-state index in [1.807, 2.05) is 6.92 Å². The van der Waals surface area contributed by atoms with E-state index in [4.69, 9.17) is 0 Å². The Balaban J connectivity index is 2.01. The molecule has 1 fully saturated rings. The molecular formula is C16H22FNO. The first-order valence-corrected chi connectivity index (χ1v) is 7.08. The van der Waals surface area contributed by atoms with Gasteiger partial charge in [-0.2, -0.15) is 0 Å². The Kier molecular flexibility index (Phi) is 4.70. The van der Waals surface area contributed by atoms with Crippen LogP contribution in [0.4, 0.5) is 4.39 Å². The zero-order valence-electron chi connectivity index (χ0n) is 11.7. The number of benzene rings is 1. The van der Waals surface area contributed by atoms with E-state index < -0.39 is 0 Å². The molecule has 2 atom stereocenters. The van der Waals surface area contributed by atoms with Crippen LogP contribution in [0, 0.1) is 24.6 Å². The number of hydrogen-bond acceptors (Lipinski definition) is 2. The van der Waals surface area contributed by atoms with Gasteiger partial charge in [-0.15, -0.1) is 0 Å². The predicted molar refractivity (Wildman–Crippen MR) is 74.8 cm³/mol. The summed E-state index contributed by atoms with van der Waals surface area (Å²) in [6.07, 6.45) is 2.88. The van der Waals surface area contributed by atoms with Crippen LogP contribution in [0.3, 0.4) is 0 Å². The molecular weight excluding hydrogens is 241 g/mol. The van der Waals surface area contributed by atoms with Crippen LogP contribution in [0.2, 0.25) is 0 Å². The normalized spacial score (nSPS) is 21.1. The van der Waals surface area contributed by atoms with Gasteiger partial charge in [-0.05, 0) is 62.4 Å². The minimum Gasteiger partial charge on any atom is -0.316 e. The van der Waals surface area contributed by atoms with E-state index in [9.17, 15) is 9.18 Å². The Bertz CT molecular complexity index is 452. The summed E-state index contributed by atoms with van der Waals surface area (Å²) in [5.74, 6) is 0.644. The van der Waals surface area contributed by atoms with E-state index in [2.05, 4.69) is 12.2 Å². The van der Waals surface area contributed by atoms with Crippen molar-refractivity contribution in [3.63, 3.8) is 0 Å². The molecule has 2 nitrogen and oxygen atoms in total. The molecule has 0 aromatic heterocycles. The predicted octanol–water partition coefficient (Wildman–Crippen LogP) is 3.34. The van der Waals surface area contributed by atoms with Crippen LogP contribution in [0.15, 0.2) is 18.2 Å². The van der Waals surface area contributed by atoms with Crippen molar-refractivity contribution in [2.24, 2.45) is 11.8 Å². The monoisotopic (exact) mass is 263 g/mol. The molecule has 2 unspecified atom stereocenters. The zero-order valence-corrected chi connectivity index (χ0v) is 11.7. The molecule has 0 amide bonds. The molecule has 19 heavy (non-hydrogen) atoms. The molecule has 1 saturated heterocycles. The quantitative estimate of drug-likeness (QED) is 0.844. The lowest BCUT2D eigenvalue weighted by atomic mass is 9.83. The highest BCUT2D eigenvalue weighted by Crippen LogP contribution is 2.25. The lowest BCUT2D eigenvalue weighted by molar-refractivity contribution is 0.0942. The summed E-state index contributed by atoms with van der Waals surface area (Å²) in [5, 5.41) is 3.38. The van der Waals surface area contributed by atoms with Crippen molar-refractivity contribution >= 4 is 5.78 Å². The summed E-state index contributed by atoms with van der Waals surface area (Å²) in [4.78, 5) is 12.3. The lowest BCUT2D eigenvalue weighted by Gasteiger charge is -2.28. The Labute approximate surface area is 114 Å². The average Bonchev–Trinajstić information content (AvgIpc) is 2.42. The molecule has 1 N–H and O–H groups in total. The fraction of sp³-hybridized carbons (Fsp3) is 0.562. The van der Waals surface area contributed by atoms with Gasteiger partial charge in [0.25, 0.3) is 0 Å². The van der Waals surface area contributed by atoms with E-state index in [0.29, 0.717) is 23.8 Å². The fourth-order valence-corrected chi connectivity index (χ4v) is 2.83. The SMILES string of the molecule is Cc1ccc(F)cc1C(=O)CC(C)C1CCCNC1. The minimum atomic E-state index is -0.332. The van der Waals surface area contributed by atoms with Crippen molar-refractivity contribution in [1.82, 2.24) is 5.32 Å². The number of nitrogens with one attached hydrogen (secondary N) is 1. The van der Waals surface area contributed by atoms with E-state index >= 15 is 0 Å². The van der Waals surface area contributed by atoms with E-state index in [0.717, 1.165) is 18.7 Å². The molecule has 0 spiro atoms. The van der Waals surface area contributed by atoms with Crippen molar-refractivity contribution in [1.29, 1.82) is 0 Å². The molecule has 3 heteroatoms. The third-order valence-electron chi connectivity index (χ3n) is 4.15. The van der Waals surface area contributed by atoms with Crippen molar-refractivity contribution in [3.05, 3.63) is 35.1 Å². The van der Waals surface area contributed by atoms with Crippen LogP contribution in [-0.2, 0) is 0 Å². The number of aryl methyl sites for hydroxylation is 1. The molecule has 0 radical (unpaired) electrons. The van der Waals surface area contributed by atoms with Gasteiger partial charge >= 0.3 is 0 Å². The van der Waals surface area contributed by atoms with Gasteiger partial charge in [-0.25, -0.2) is 4.39 Å². The number of rotatable bonds is 4. The minimum absolute atomic E-state index is 0.0649. The van der Waals surface area contributed by atoms with Gasteiger partial charge < -0.3 is 5.32 Å². The van der Waals surface area contributed by atoms with E-state index in [1.165, 1.54) is 25.0 Å². The van der Waals surface area contributed by atoms with Gasteiger partial charge in [0.2, 0.25) is 0 Å². The molecule has 0 bridgehead atoms. The summed E-state index contributed by atoms with van der Waals surface area (Å²) < 4.78 is 13.2. The highest BCUT2D eigenvalue weighted by atomic mass is 19.1. The Hall–Kier alpha value is -1.22. The maximum atomic E-state index is 13.2. The fourth-order valence-electron chi connectivity index (χ4n) is 2.83. The second kappa shape index (κ2) is 6.29. The van der Waals surface area contributed by atoms with Crippen molar-refractivity contribution in [3.8, 4) is 0 Å². The summed E-state index contributed by atoms with van der Waals surface area (Å²) in [7, 11) is 0. The number of piperidine rings is 1. The Morgan fingerprint density at radius 1 is 1.53 bits per heavy atom. The van der Waals surface area contributed by atoms with Gasteiger partial charge in [-0.1, -0.05) is 13.0 Å². The lowest BCUT2D eigenvalue weighted by Crippen LogP contribution is -2.34. The summed E-state index contributed by atoms with van der Waals surface area (Å²) in [5.41, 5.74) is 1.40. The van der Waals surface area contributed by atoms with Crippen LogP contribution in [0.1, 0.15) is 42.1 Å². The number of Topliss-reactive ketones (excluding diaryl/α,β-unsaturated/α-hetero) is 1. The molecule has 0 aliphatic carbocycles. The number of carbonyl (C=O) groups excluding carboxylic acids is 1. The maximum Gasteiger partial charge on any atom is 0.163 e. The largest absolute Gasteiger partial charge is 0.316 e. The van der Waals surface area contributed by atoms with Crippen LogP contribution in [0.25, 0.3) is 0 Å². The van der Waals surface area contributed by atoms with Crippen LogP contribution < -0.4 is 5.32 Å². The molecule has 1 aromatic rings. The third-order valence-corrected chi connectivity index (χ3v) is 4.15. The molecule has 1 aliphatic rings. The summed E-state index contributed by atoms with van der Waals surface area (Å²) in [6, 6.07) is 4.44. The van der Waals surface area contributed by atoms with Gasteiger partial charge in [0.05, 0.1) is 0 Å². The smallest absolute Gasteiger partial charge is 0.163 e. The molecule has 1 aliphatic heterocycles. The van der Waals surface area contributed by atoms with Crippen molar-refractivity contribution < 1.29 is 9.18 Å². The van der Waals surface area contributed by atoms with Gasteiger partial charge in [0.1, 0.15) is 5.82 Å². The van der Waals surface area contributed by atoms with Crippen LogP contribution in [0.5, 0.6) is 0 Å². The highest BCUT2D eigenvalue weighted by molar-refractivity contribution is 5.97. The number of halogens is 1. The standard InChI is InChI=1S/C16H22FNO/c1-11-5-6-14(17)9-15(11)16(19)8-12(2)13-4-3-7-18-10-13/h5-6,9,12-13,18H,3-4,7-8,10H2,1-2H3. The van der Waals surface area contributed by atoms with Crippen molar-refractivity contribution in [2.75, 3.05) is 13.1 Å². The number of carbonyl (C=O) groups is 1. The molecule has 104 valence electrons. The van der Waals surface area contributed by atoms with Gasteiger partial charge in [-0.3, -0.25) is 4.79 Å². The third kappa shape index (κ3) is 3.63. The number of ketones is 1. The maximum absolute atomic E-state index is 13.2. The molecule has 1 heterocycles. The van der Waals surface area contributed by atoms with E-state index in [-0.39, 0.29) is 11.6 Å². The van der Waals surface area contributed by atoms with Gasteiger partial charge in [0, 0.05) is 12.0 Å². The Morgan fingerprint density at radius 3 is 3.00 bits per heavy atom. The molecule has 2 rings (SSSR count). The zero-order chi connectivity index (χ0) is 13.8. The van der Waals surface area contributed by atoms with Crippen LogP contribution in [-0.4, -0.2) is 18.9 Å². The van der Waals surface area contributed by atoms with E-state index in [1.54, 1.807) is 6.07 Å². The highest BCUT2D eigenvalue weighted by Gasteiger charge is 2.23. The van der Waals surface area contributed by atoms with Gasteiger partial charge in [0.15, 0.2) is 5.78 Å². The first kappa shape index (κ1) is 14.2. The van der Waals surface area contributed by atoms with Crippen LogP contribution >= 0.6 is 0 Å². The topological polar surface area (TPSA) is 29.1 Å².